The molecule has 170 valence electrons. The van der Waals surface area contributed by atoms with Crippen molar-refractivity contribution in [1.82, 2.24) is 0 Å². The Balaban J connectivity index is 1.39. The lowest BCUT2D eigenvalue weighted by atomic mass is 10.3. The smallest absolute Gasteiger partial charge is 0.225 e. The van der Waals surface area contributed by atoms with Crippen molar-refractivity contribution in [3.8, 4) is 11.5 Å². The molecule has 0 aliphatic carbocycles. The fourth-order valence-electron chi connectivity index (χ4n) is 2.76. The molecular weight excluding hydrogens is 464 g/mol. The van der Waals surface area contributed by atoms with Crippen molar-refractivity contribution in [2.75, 3.05) is 48.1 Å². The molecular formula is C20H30O6S4. The molecule has 2 aliphatic heterocycles. The van der Waals surface area contributed by atoms with Crippen LogP contribution in [-0.4, -0.2) is 87.3 Å². The van der Waals surface area contributed by atoms with Crippen molar-refractivity contribution in [2.45, 2.75) is 35.9 Å². The van der Waals surface area contributed by atoms with Crippen molar-refractivity contribution in [3.63, 3.8) is 0 Å². The van der Waals surface area contributed by atoms with Gasteiger partial charge in [-0.3, -0.25) is 0 Å². The highest BCUT2D eigenvalue weighted by Gasteiger charge is 2.23. The van der Waals surface area contributed by atoms with E-state index in [9.17, 15) is 10.2 Å². The number of aliphatic hydroxyl groups excluding tert-OH is 2. The van der Waals surface area contributed by atoms with E-state index >= 15 is 0 Å². The lowest BCUT2D eigenvalue weighted by Gasteiger charge is -2.23. The summed E-state index contributed by atoms with van der Waals surface area (Å²) in [4.78, 5) is 0. The standard InChI is InChI=1S/C20H30O6S4/c1-14(21)20(25-9-19-11-28-13-30-19)26-17-4-2-3-16(5-17)24-7-15(22)6-23-8-18-10-27-12-29-18/h2-5,14-15,18-22H,6-13H2,1H3. The summed E-state index contributed by atoms with van der Waals surface area (Å²) in [6.45, 7) is 3.27. The van der Waals surface area contributed by atoms with Crippen LogP contribution in [0.15, 0.2) is 24.3 Å². The summed E-state index contributed by atoms with van der Waals surface area (Å²) < 4.78 is 22.9. The highest BCUT2D eigenvalue weighted by atomic mass is 32.2. The van der Waals surface area contributed by atoms with Gasteiger partial charge in [-0.1, -0.05) is 6.07 Å². The van der Waals surface area contributed by atoms with E-state index < -0.39 is 18.5 Å². The maximum absolute atomic E-state index is 10.1. The van der Waals surface area contributed by atoms with Crippen molar-refractivity contribution in [2.24, 2.45) is 0 Å². The summed E-state index contributed by atoms with van der Waals surface area (Å²) >= 11 is 7.60. The number of hydrogen-bond donors (Lipinski definition) is 2. The average molecular weight is 495 g/mol. The van der Waals surface area contributed by atoms with Crippen LogP contribution in [0.1, 0.15) is 6.92 Å². The molecule has 0 radical (unpaired) electrons. The minimum absolute atomic E-state index is 0.142. The van der Waals surface area contributed by atoms with Crippen LogP contribution in [0.2, 0.25) is 0 Å². The predicted molar refractivity (Wildman–Crippen MR) is 128 cm³/mol. The van der Waals surface area contributed by atoms with Gasteiger partial charge in [0.05, 0.1) is 19.8 Å². The van der Waals surface area contributed by atoms with E-state index in [1.807, 2.05) is 53.1 Å². The van der Waals surface area contributed by atoms with Crippen molar-refractivity contribution < 1.29 is 29.2 Å². The zero-order valence-corrected chi connectivity index (χ0v) is 20.3. The molecule has 2 heterocycles. The van der Waals surface area contributed by atoms with Gasteiger partial charge in [0.1, 0.15) is 30.3 Å². The Morgan fingerprint density at radius 2 is 1.70 bits per heavy atom. The van der Waals surface area contributed by atoms with Crippen LogP contribution in [0.3, 0.4) is 0 Å². The molecule has 0 saturated carbocycles. The SMILES string of the molecule is CC(O)C(OCC1CSCS1)Oc1cccc(OCC(O)COCC2CSCS2)c1. The normalized spacial score (nSPS) is 24.5. The summed E-state index contributed by atoms with van der Waals surface area (Å²) in [7, 11) is 0. The topological polar surface area (TPSA) is 77.4 Å². The first-order valence-electron chi connectivity index (χ1n) is 9.94. The summed E-state index contributed by atoms with van der Waals surface area (Å²) in [5.74, 6) is 3.31. The second-order valence-electron chi connectivity index (χ2n) is 7.09. The minimum atomic E-state index is -0.760. The summed E-state index contributed by atoms with van der Waals surface area (Å²) in [6, 6.07) is 7.14. The molecule has 10 heteroatoms. The molecule has 3 rings (SSSR count). The lowest BCUT2D eigenvalue weighted by molar-refractivity contribution is -0.138. The third-order valence-corrected chi connectivity index (χ3v) is 10.0. The molecule has 1 aromatic carbocycles. The Hall–Kier alpha value is 0.0600. The first kappa shape index (κ1) is 24.7. The first-order chi connectivity index (χ1) is 14.6. The predicted octanol–water partition coefficient (Wildman–Crippen LogP) is 3.16. The molecule has 6 nitrogen and oxygen atoms in total. The second-order valence-corrected chi connectivity index (χ2v) is 12.5. The lowest BCUT2D eigenvalue weighted by Crippen LogP contribution is -2.34. The molecule has 2 fully saturated rings. The molecule has 5 unspecified atom stereocenters. The van der Waals surface area contributed by atoms with E-state index in [1.54, 1.807) is 25.1 Å². The van der Waals surface area contributed by atoms with Crippen LogP contribution in [0.4, 0.5) is 0 Å². The molecule has 5 atom stereocenters. The van der Waals surface area contributed by atoms with E-state index in [0.717, 1.165) is 21.7 Å². The van der Waals surface area contributed by atoms with Gasteiger partial charge in [0.2, 0.25) is 6.29 Å². The molecule has 0 aromatic heterocycles. The second kappa shape index (κ2) is 13.6. The number of thioether (sulfide) groups is 4. The summed E-state index contributed by atoms with van der Waals surface area (Å²) in [5, 5.41) is 23.3. The molecule has 0 bridgehead atoms. The van der Waals surface area contributed by atoms with Gasteiger partial charge in [-0.05, 0) is 19.1 Å². The molecule has 0 spiro atoms. The maximum atomic E-state index is 10.1. The van der Waals surface area contributed by atoms with Crippen LogP contribution >= 0.6 is 47.0 Å². The van der Waals surface area contributed by atoms with Gasteiger partial charge in [-0.15, -0.1) is 47.0 Å². The molecule has 2 aliphatic rings. The van der Waals surface area contributed by atoms with Crippen LogP contribution < -0.4 is 9.47 Å². The minimum Gasteiger partial charge on any atom is -0.491 e. The van der Waals surface area contributed by atoms with Gasteiger partial charge < -0.3 is 29.2 Å². The number of aliphatic hydroxyl groups is 2. The third-order valence-electron chi connectivity index (χ3n) is 4.34. The molecule has 30 heavy (non-hydrogen) atoms. The summed E-state index contributed by atoms with van der Waals surface area (Å²) in [5.41, 5.74) is 0. The number of hydrogen-bond acceptors (Lipinski definition) is 10. The Kier molecular flexibility index (Phi) is 11.2. The number of ether oxygens (including phenoxy) is 4. The van der Waals surface area contributed by atoms with Gasteiger partial charge in [0.15, 0.2) is 0 Å². The van der Waals surface area contributed by atoms with E-state index in [0.29, 0.717) is 35.2 Å². The van der Waals surface area contributed by atoms with Gasteiger partial charge >= 0.3 is 0 Å². The highest BCUT2D eigenvalue weighted by Crippen LogP contribution is 2.30. The largest absolute Gasteiger partial charge is 0.491 e. The fourth-order valence-corrected chi connectivity index (χ4v) is 8.27. The average Bonchev–Trinajstić information content (AvgIpc) is 3.44. The van der Waals surface area contributed by atoms with Crippen LogP contribution in [0.5, 0.6) is 11.5 Å². The van der Waals surface area contributed by atoms with E-state index in [2.05, 4.69) is 0 Å². The van der Waals surface area contributed by atoms with Crippen LogP contribution in [0.25, 0.3) is 0 Å². The van der Waals surface area contributed by atoms with E-state index in [4.69, 9.17) is 18.9 Å². The molecule has 2 N–H and O–H groups in total. The number of rotatable bonds is 13. The van der Waals surface area contributed by atoms with Crippen molar-refractivity contribution in [1.29, 1.82) is 0 Å². The quantitative estimate of drug-likeness (QED) is 0.399. The van der Waals surface area contributed by atoms with Crippen molar-refractivity contribution in [3.05, 3.63) is 24.3 Å². The highest BCUT2D eigenvalue weighted by molar-refractivity contribution is 8.19. The van der Waals surface area contributed by atoms with Gasteiger partial charge in [0, 0.05) is 38.2 Å². The van der Waals surface area contributed by atoms with Crippen LogP contribution in [0, 0.1) is 0 Å². The number of benzene rings is 1. The zero-order chi connectivity index (χ0) is 21.2. The van der Waals surface area contributed by atoms with Gasteiger partial charge in [-0.2, -0.15) is 0 Å². The Morgan fingerprint density at radius 3 is 2.37 bits per heavy atom. The Bertz CT molecular complexity index is 611. The van der Waals surface area contributed by atoms with Gasteiger partial charge in [0.25, 0.3) is 0 Å². The Morgan fingerprint density at radius 1 is 1.00 bits per heavy atom. The monoisotopic (exact) mass is 494 g/mol. The van der Waals surface area contributed by atoms with Gasteiger partial charge in [-0.25, -0.2) is 0 Å². The molecule has 1 aromatic rings. The van der Waals surface area contributed by atoms with Crippen molar-refractivity contribution >= 4 is 47.0 Å². The summed E-state index contributed by atoms with van der Waals surface area (Å²) in [6.07, 6.45) is -2.19. The van der Waals surface area contributed by atoms with E-state index in [-0.39, 0.29) is 13.2 Å². The fraction of sp³-hybridized carbons (Fsp3) is 0.700. The molecule has 2 saturated heterocycles. The zero-order valence-electron chi connectivity index (χ0n) is 17.0. The third kappa shape index (κ3) is 8.90. The molecule has 0 amide bonds. The maximum Gasteiger partial charge on any atom is 0.225 e. The van der Waals surface area contributed by atoms with Crippen LogP contribution in [-0.2, 0) is 9.47 Å². The first-order valence-corrected chi connectivity index (χ1v) is 14.3. The Labute approximate surface area is 195 Å². The van der Waals surface area contributed by atoms with E-state index in [1.165, 1.54) is 0 Å².